The first kappa shape index (κ1) is 16.6. The van der Waals surface area contributed by atoms with E-state index >= 15 is 0 Å². The van der Waals surface area contributed by atoms with Gasteiger partial charge in [-0.3, -0.25) is 4.79 Å². The normalized spacial score (nSPS) is 11.5. The minimum absolute atomic E-state index is 0.109. The lowest BCUT2D eigenvalue weighted by molar-refractivity contribution is -0.141. The molecule has 0 aliphatic carbocycles. The van der Waals surface area contributed by atoms with E-state index in [1.807, 2.05) is 24.3 Å². The van der Waals surface area contributed by atoms with E-state index in [2.05, 4.69) is 5.16 Å². The summed E-state index contributed by atoms with van der Waals surface area (Å²) in [6, 6.07) is 7.37. The minimum atomic E-state index is -0.795. The smallest absolute Gasteiger partial charge is 0.306 e. The second kappa shape index (κ2) is 8.68. The summed E-state index contributed by atoms with van der Waals surface area (Å²) in [4.78, 5) is 15.6. The summed E-state index contributed by atoms with van der Waals surface area (Å²) in [7, 11) is 0. The van der Waals surface area contributed by atoms with Gasteiger partial charge in [0.15, 0.2) is 0 Å². The third-order valence-electron chi connectivity index (χ3n) is 2.71. The SMILES string of the molecule is C[C@@H](Cc1ccc(OCCCON=C(N)N)cc1)C(=O)O. The van der Waals surface area contributed by atoms with E-state index in [1.165, 1.54) is 0 Å². The largest absolute Gasteiger partial charge is 0.493 e. The fourth-order valence-electron chi connectivity index (χ4n) is 1.60. The number of carbonyl (C=O) groups is 1. The van der Waals surface area contributed by atoms with Gasteiger partial charge in [-0.2, -0.15) is 0 Å². The number of oxime groups is 1. The second-order valence-electron chi connectivity index (χ2n) is 4.64. The molecule has 0 unspecified atom stereocenters. The molecule has 5 N–H and O–H groups in total. The number of hydrogen-bond donors (Lipinski definition) is 3. The molecule has 116 valence electrons. The predicted octanol–water partition coefficient (Wildman–Crippen LogP) is 0.924. The van der Waals surface area contributed by atoms with Gasteiger partial charge in [-0.1, -0.05) is 19.1 Å². The highest BCUT2D eigenvalue weighted by Gasteiger charge is 2.11. The molecule has 1 atom stereocenters. The maximum atomic E-state index is 10.8. The lowest BCUT2D eigenvalue weighted by Gasteiger charge is -2.08. The molecule has 1 aromatic rings. The molecular formula is C14H21N3O4. The van der Waals surface area contributed by atoms with Crippen molar-refractivity contribution in [1.29, 1.82) is 0 Å². The molecule has 21 heavy (non-hydrogen) atoms. The van der Waals surface area contributed by atoms with Crippen molar-refractivity contribution in [2.75, 3.05) is 13.2 Å². The van der Waals surface area contributed by atoms with Crippen LogP contribution < -0.4 is 16.2 Å². The van der Waals surface area contributed by atoms with E-state index in [-0.39, 0.29) is 5.96 Å². The van der Waals surface area contributed by atoms with Crippen molar-refractivity contribution in [1.82, 2.24) is 0 Å². The fraction of sp³-hybridized carbons (Fsp3) is 0.429. The van der Waals surface area contributed by atoms with Crippen LogP contribution in [0.4, 0.5) is 0 Å². The van der Waals surface area contributed by atoms with E-state index in [0.29, 0.717) is 26.1 Å². The summed E-state index contributed by atoms with van der Waals surface area (Å²) in [5.41, 5.74) is 11.2. The van der Waals surface area contributed by atoms with Gasteiger partial charge in [0.05, 0.1) is 12.5 Å². The zero-order valence-corrected chi connectivity index (χ0v) is 12.0. The van der Waals surface area contributed by atoms with Crippen molar-refractivity contribution in [2.45, 2.75) is 19.8 Å². The molecule has 0 radical (unpaired) electrons. The first-order valence-corrected chi connectivity index (χ1v) is 6.64. The molecule has 0 bridgehead atoms. The molecule has 0 aliphatic heterocycles. The Morgan fingerprint density at radius 1 is 1.29 bits per heavy atom. The van der Waals surface area contributed by atoms with Crippen LogP contribution in [-0.4, -0.2) is 30.2 Å². The Kier molecular flexibility index (Phi) is 6.86. The molecule has 7 nitrogen and oxygen atoms in total. The Hall–Kier alpha value is -2.44. The number of rotatable bonds is 9. The van der Waals surface area contributed by atoms with Crippen LogP contribution in [0.3, 0.4) is 0 Å². The van der Waals surface area contributed by atoms with Crippen molar-refractivity contribution in [3.8, 4) is 5.75 Å². The number of nitrogens with zero attached hydrogens (tertiary/aromatic N) is 1. The van der Waals surface area contributed by atoms with Crippen LogP contribution >= 0.6 is 0 Å². The second-order valence-corrected chi connectivity index (χ2v) is 4.64. The number of aliphatic carboxylic acids is 1. The van der Waals surface area contributed by atoms with Crippen molar-refractivity contribution >= 4 is 11.9 Å². The van der Waals surface area contributed by atoms with Crippen molar-refractivity contribution in [3.05, 3.63) is 29.8 Å². The van der Waals surface area contributed by atoms with Crippen LogP contribution in [0.15, 0.2) is 29.4 Å². The molecule has 0 fully saturated rings. The van der Waals surface area contributed by atoms with E-state index in [1.54, 1.807) is 6.92 Å². The number of benzene rings is 1. The molecule has 0 heterocycles. The summed E-state index contributed by atoms with van der Waals surface area (Å²) in [6.45, 7) is 2.53. The lowest BCUT2D eigenvalue weighted by atomic mass is 10.0. The highest BCUT2D eigenvalue weighted by atomic mass is 16.6. The Labute approximate surface area is 123 Å². The number of ether oxygens (including phenoxy) is 1. The van der Waals surface area contributed by atoms with Crippen LogP contribution in [-0.2, 0) is 16.1 Å². The van der Waals surface area contributed by atoms with Gasteiger partial charge in [-0.25, -0.2) is 0 Å². The molecule has 0 saturated heterocycles. The van der Waals surface area contributed by atoms with Crippen LogP contribution in [0.2, 0.25) is 0 Å². The van der Waals surface area contributed by atoms with Gasteiger partial charge >= 0.3 is 5.97 Å². The molecule has 0 aromatic heterocycles. The highest BCUT2D eigenvalue weighted by Crippen LogP contribution is 2.15. The lowest BCUT2D eigenvalue weighted by Crippen LogP contribution is -2.23. The summed E-state index contributed by atoms with van der Waals surface area (Å²) in [6.07, 6.45) is 1.15. The fourth-order valence-corrected chi connectivity index (χ4v) is 1.60. The van der Waals surface area contributed by atoms with Crippen molar-refractivity contribution in [2.24, 2.45) is 22.5 Å². The molecule has 0 spiro atoms. The molecule has 1 aromatic carbocycles. The third kappa shape index (κ3) is 7.05. The van der Waals surface area contributed by atoms with E-state index < -0.39 is 11.9 Å². The van der Waals surface area contributed by atoms with E-state index in [4.69, 9.17) is 26.1 Å². The number of nitrogens with two attached hydrogens (primary N) is 2. The summed E-state index contributed by atoms with van der Waals surface area (Å²) < 4.78 is 5.51. The summed E-state index contributed by atoms with van der Waals surface area (Å²) in [5.74, 6) is -0.578. The van der Waals surface area contributed by atoms with Gasteiger partial charge in [0.1, 0.15) is 12.4 Å². The van der Waals surface area contributed by atoms with Gasteiger partial charge in [-0.15, -0.1) is 0 Å². The summed E-state index contributed by atoms with van der Waals surface area (Å²) >= 11 is 0. The standard InChI is InChI=1S/C14H21N3O4/c1-10(13(18)19)9-11-3-5-12(6-4-11)20-7-2-8-21-17-14(15)16/h3-6,10H,2,7-9H2,1H3,(H,18,19)(H4,15,16,17)/t10-/m0/s1. The average molecular weight is 295 g/mol. The van der Waals surface area contributed by atoms with Gasteiger partial charge in [0.2, 0.25) is 5.96 Å². The molecule has 0 amide bonds. The zero-order valence-electron chi connectivity index (χ0n) is 12.0. The molecule has 7 heteroatoms. The first-order chi connectivity index (χ1) is 9.99. The first-order valence-electron chi connectivity index (χ1n) is 6.64. The Bertz CT molecular complexity index is 470. The summed E-state index contributed by atoms with van der Waals surface area (Å²) in [5, 5.41) is 12.2. The number of guanidine groups is 1. The van der Waals surface area contributed by atoms with E-state index in [9.17, 15) is 4.79 Å². The zero-order chi connectivity index (χ0) is 15.7. The Morgan fingerprint density at radius 3 is 2.52 bits per heavy atom. The quantitative estimate of drug-likeness (QED) is 0.270. The average Bonchev–Trinajstić information content (AvgIpc) is 2.44. The maximum absolute atomic E-state index is 10.8. The molecular weight excluding hydrogens is 274 g/mol. The molecule has 1 rings (SSSR count). The van der Waals surface area contributed by atoms with Gasteiger partial charge in [0.25, 0.3) is 0 Å². The third-order valence-corrected chi connectivity index (χ3v) is 2.71. The minimum Gasteiger partial charge on any atom is -0.493 e. The topological polar surface area (TPSA) is 120 Å². The maximum Gasteiger partial charge on any atom is 0.306 e. The Balaban J connectivity index is 2.28. The van der Waals surface area contributed by atoms with Crippen LogP contribution in [0, 0.1) is 5.92 Å². The Morgan fingerprint density at radius 2 is 1.95 bits per heavy atom. The monoisotopic (exact) mass is 295 g/mol. The van der Waals surface area contributed by atoms with Crippen molar-refractivity contribution in [3.63, 3.8) is 0 Å². The number of hydrogen-bond acceptors (Lipinski definition) is 4. The molecule has 0 aliphatic rings. The van der Waals surface area contributed by atoms with Gasteiger partial charge < -0.3 is 26.1 Å². The van der Waals surface area contributed by atoms with Crippen LogP contribution in [0.5, 0.6) is 5.75 Å². The van der Waals surface area contributed by atoms with Gasteiger partial charge in [-0.05, 0) is 29.3 Å². The van der Waals surface area contributed by atoms with Crippen LogP contribution in [0.25, 0.3) is 0 Å². The van der Waals surface area contributed by atoms with Crippen LogP contribution in [0.1, 0.15) is 18.9 Å². The highest BCUT2D eigenvalue weighted by molar-refractivity contribution is 5.74. The molecule has 0 saturated carbocycles. The number of carboxylic acids is 1. The van der Waals surface area contributed by atoms with E-state index in [0.717, 1.165) is 11.3 Å². The van der Waals surface area contributed by atoms with Gasteiger partial charge in [0, 0.05) is 6.42 Å². The number of carboxylic acid groups (broad SMARTS) is 1. The predicted molar refractivity (Wildman–Crippen MR) is 78.8 cm³/mol. The van der Waals surface area contributed by atoms with Crippen molar-refractivity contribution < 1.29 is 19.5 Å².